The average Bonchev–Trinajstić information content (AvgIpc) is 2.61. The maximum Gasteiger partial charge on any atom is 0.225 e. The number of sulfonamides is 1. The highest BCUT2D eigenvalue weighted by atomic mass is 35.5. The lowest BCUT2D eigenvalue weighted by Gasteiger charge is -2.36. The summed E-state index contributed by atoms with van der Waals surface area (Å²) in [7, 11) is -3.39. The van der Waals surface area contributed by atoms with Crippen molar-refractivity contribution in [2.75, 3.05) is 26.2 Å². The molecule has 0 bridgehead atoms. The van der Waals surface area contributed by atoms with Gasteiger partial charge in [-0.3, -0.25) is 4.79 Å². The SMILES string of the molecule is C[C@H]1CCCN(C(=O)C2CCN(S(=O)(=O)Cc3cccc(Cl)c3)CC2)C1. The number of halogens is 1. The smallest absolute Gasteiger partial charge is 0.225 e. The minimum absolute atomic E-state index is 0.0436. The van der Waals surface area contributed by atoms with Gasteiger partial charge in [-0.2, -0.15) is 0 Å². The van der Waals surface area contributed by atoms with Crippen molar-refractivity contribution >= 4 is 27.5 Å². The second-order valence-electron chi connectivity index (χ2n) is 7.59. The molecule has 5 nitrogen and oxygen atoms in total. The Kier molecular flexibility index (Phi) is 6.25. The van der Waals surface area contributed by atoms with Gasteiger partial charge in [0, 0.05) is 37.1 Å². The van der Waals surface area contributed by atoms with Crippen LogP contribution in [0, 0.1) is 11.8 Å². The Hall–Kier alpha value is -1.11. The second-order valence-corrected chi connectivity index (χ2v) is 10.00. The Labute approximate surface area is 161 Å². The number of piperidine rings is 2. The predicted molar refractivity (Wildman–Crippen MR) is 103 cm³/mol. The zero-order valence-corrected chi connectivity index (χ0v) is 16.8. The van der Waals surface area contributed by atoms with Gasteiger partial charge in [-0.05, 0) is 49.3 Å². The summed E-state index contributed by atoms with van der Waals surface area (Å²) in [6, 6.07) is 6.96. The average molecular weight is 399 g/mol. The third-order valence-corrected chi connectivity index (χ3v) is 7.49. The zero-order chi connectivity index (χ0) is 18.7. The minimum atomic E-state index is -3.39. The topological polar surface area (TPSA) is 57.7 Å². The Morgan fingerprint density at radius 2 is 1.92 bits per heavy atom. The van der Waals surface area contributed by atoms with Crippen LogP contribution in [0.2, 0.25) is 5.02 Å². The maximum absolute atomic E-state index is 12.7. The summed E-state index contributed by atoms with van der Waals surface area (Å²) in [6.45, 7) is 4.71. The van der Waals surface area contributed by atoms with E-state index < -0.39 is 10.0 Å². The summed E-state index contributed by atoms with van der Waals surface area (Å²) in [5.74, 6) is 0.683. The Morgan fingerprint density at radius 3 is 2.58 bits per heavy atom. The number of hydrogen-bond acceptors (Lipinski definition) is 3. The number of hydrogen-bond donors (Lipinski definition) is 0. The van der Waals surface area contributed by atoms with E-state index in [0.29, 0.717) is 42.4 Å². The van der Waals surface area contributed by atoms with Crippen LogP contribution in [0.15, 0.2) is 24.3 Å². The predicted octanol–water partition coefficient (Wildman–Crippen LogP) is 3.14. The van der Waals surface area contributed by atoms with Gasteiger partial charge in [-0.15, -0.1) is 0 Å². The lowest BCUT2D eigenvalue weighted by molar-refractivity contribution is -0.138. The normalized spacial score (nSPS) is 23.2. The maximum atomic E-state index is 12.7. The molecular weight excluding hydrogens is 372 g/mol. The molecule has 0 aromatic heterocycles. The lowest BCUT2D eigenvalue weighted by atomic mass is 9.93. The molecule has 0 N–H and O–H groups in total. The summed E-state index contributed by atoms with van der Waals surface area (Å²) >= 11 is 5.95. The van der Waals surface area contributed by atoms with E-state index in [0.717, 1.165) is 19.5 Å². The Morgan fingerprint density at radius 1 is 1.19 bits per heavy atom. The third-order valence-electron chi connectivity index (χ3n) is 5.40. The van der Waals surface area contributed by atoms with E-state index in [1.54, 1.807) is 24.3 Å². The van der Waals surface area contributed by atoms with Gasteiger partial charge in [-0.1, -0.05) is 30.7 Å². The van der Waals surface area contributed by atoms with Crippen LogP contribution < -0.4 is 0 Å². The molecule has 1 amide bonds. The van der Waals surface area contributed by atoms with Gasteiger partial charge >= 0.3 is 0 Å². The summed E-state index contributed by atoms with van der Waals surface area (Å²) in [6.07, 6.45) is 3.47. The van der Waals surface area contributed by atoms with Gasteiger partial charge in [0.15, 0.2) is 0 Å². The van der Waals surface area contributed by atoms with Crippen molar-refractivity contribution in [1.29, 1.82) is 0 Å². The molecule has 0 spiro atoms. The second kappa shape index (κ2) is 8.28. The van der Waals surface area contributed by atoms with Gasteiger partial charge in [0.05, 0.1) is 5.75 Å². The monoisotopic (exact) mass is 398 g/mol. The van der Waals surface area contributed by atoms with Crippen LogP contribution in [-0.2, 0) is 20.6 Å². The molecular formula is C19H27ClN2O3S. The van der Waals surface area contributed by atoms with Crippen molar-refractivity contribution in [3.63, 3.8) is 0 Å². The number of nitrogens with zero attached hydrogens (tertiary/aromatic N) is 2. The molecule has 0 radical (unpaired) electrons. The van der Waals surface area contributed by atoms with Crippen LogP contribution in [0.1, 0.15) is 38.2 Å². The van der Waals surface area contributed by atoms with Crippen LogP contribution in [0.5, 0.6) is 0 Å². The fourth-order valence-electron chi connectivity index (χ4n) is 3.96. The number of amides is 1. The van der Waals surface area contributed by atoms with Gasteiger partial charge in [0.25, 0.3) is 0 Å². The van der Waals surface area contributed by atoms with Crippen LogP contribution in [0.4, 0.5) is 0 Å². The molecule has 2 heterocycles. The van der Waals surface area contributed by atoms with Gasteiger partial charge < -0.3 is 4.90 Å². The fraction of sp³-hybridized carbons (Fsp3) is 0.632. The standard InChI is InChI=1S/C19H27ClN2O3S/c1-15-4-3-9-21(13-15)19(23)17-7-10-22(11-8-17)26(24,25)14-16-5-2-6-18(20)12-16/h2,5-6,12,15,17H,3-4,7-11,13-14H2,1H3/t15-/m0/s1. The molecule has 0 aliphatic carbocycles. The number of likely N-dealkylation sites (tertiary alicyclic amines) is 1. The molecule has 0 saturated carbocycles. The molecule has 1 aromatic rings. The Bertz CT molecular complexity index is 745. The van der Waals surface area contributed by atoms with Gasteiger partial charge in [0.1, 0.15) is 0 Å². The highest BCUT2D eigenvalue weighted by Gasteiger charge is 2.34. The van der Waals surface area contributed by atoms with E-state index in [4.69, 9.17) is 11.6 Å². The molecule has 3 rings (SSSR count). The van der Waals surface area contributed by atoms with Crippen molar-refractivity contribution in [3.05, 3.63) is 34.9 Å². The zero-order valence-electron chi connectivity index (χ0n) is 15.2. The molecule has 0 unspecified atom stereocenters. The van der Waals surface area contributed by atoms with E-state index in [9.17, 15) is 13.2 Å². The molecule has 2 aliphatic rings. The minimum Gasteiger partial charge on any atom is -0.342 e. The number of benzene rings is 1. The van der Waals surface area contributed by atoms with E-state index in [-0.39, 0.29) is 17.6 Å². The molecule has 2 aliphatic heterocycles. The summed E-state index contributed by atoms with van der Waals surface area (Å²) in [5, 5.41) is 0.540. The first-order valence-electron chi connectivity index (χ1n) is 9.36. The van der Waals surface area contributed by atoms with Crippen molar-refractivity contribution in [1.82, 2.24) is 9.21 Å². The molecule has 26 heavy (non-hydrogen) atoms. The fourth-order valence-corrected chi connectivity index (χ4v) is 5.72. The van der Waals surface area contributed by atoms with Crippen LogP contribution >= 0.6 is 11.6 Å². The first-order chi connectivity index (χ1) is 12.3. The van der Waals surface area contributed by atoms with Crippen molar-refractivity contribution < 1.29 is 13.2 Å². The number of carbonyl (C=O) groups is 1. The van der Waals surface area contributed by atoms with Gasteiger partial charge in [-0.25, -0.2) is 12.7 Å². The lowest BCUT2D eigenvalue weighted by Crippen LogP contribution is -2.47. The molecule has 2 fully saturated rings. The Balaban J connectivity index is 1.56. The summed E-state index contributed by atoms with van der Waals surface area (Å²) in [5.41, 5.74) is 0.693. The van der Waals surface area contributed by atoms with E-state index in [1.807, 2.05) is 4.90 Å². The van der Waals surface area contributed by atoms with Crippen LogP contribution in [-0.4, -0.2) is 49.7 Å². The molecule has 144 valence electrons. The third kappa shape index (κ3) is 4.78. The molecule has 7 heteroatoms. The summed E-state index contributed by atoms with van der Waals surface area (Å²) < 4.78 is 26.9. The molecule has 2 saturated heterocycles. The highest BCUT2D eigenvalue weighted by molar-refractivity contribution is 7.88. The largest absolute Gasteiger partial charge is 0.342 e. The van der Waals surface area contributed by atoms with Crippen molar-refractivity contribution in [2.24, 2.45) is 11.8 Å². The quantitative estimate of drug-likeness (QED) is 0.782. The number of carbonyl (C=O) groups excluding carboxylic acids is 1. The van der Waals surface area contributed by atoms with Crippen LogP contribution in [0.3, 0.4) is 0 Å². The molecule has 1 aromatic carbocycles. The van der Waals surface area contributed by atoms with Crippen molar-refractivity contribution in [3.8, 4) is 0 Å². The first kappa shape index (κ1) is 19.6. The highest BCUT2D eigenvalue weighted by Crippen LogP contribution is 2.26. The number of rotatable bonds is 4. The van der Waals surface area contributed by atoms with E-state index in [2.05, 4.69) is 6.92 Å². The van der Waals surface area contributed by atoms with E-state index >= 15 is 0 Å². The van der Waals surface area contributed by atoms with E-state index in [1.165, 1.54) is 10.7 Å². The first-order valence-corrected chi connectivity index (χ1v) is 11.3. The van der Waals surface area contributed by atoms with Crippen LogP contribution in [0.25, 0.3) is 0 Å². The summed E-state index contributed by atoms with van der Waals surface area (Å²) in [4.78, 5) is 14.7. The van der Waals surface area contributed by atoms with Gasteiger partial charge in [0.2, 0.25) is 15.9 Å². The molecule has 1 atom stereocenters. The van der Waals surface area contributed by atoms with Crippen molar-refractivity contribution in [2.45, 2.75) is 38.4 Å².